The Labute approximate surface area is 97.9 Å². The van der Waals surface area contributed by atoms with Crippen LogP contribution in [0.5, 0.6) is 0 Å². The highest BCUT2D eigenvalue weighted by Crippen LogP contribution is 2.16. The first-order valence-corrected chi connectivity index (χ1v) is 6.25. The van der Waals surface area contributed by atoms with Crippen molar-refractivity contribution in [1.82, 2.24) is 19.7 Å². The lowest BCUT2D eigenvalue weighted by Gasteiger charge is -2.04. The molecular formula is C8H12N6O2S. The van der Waals surface area contributed by atoms with Crippen LogP contribution in [0, 0.1) is 0 Å². The fourth-order valence-corrected chi connectivity index (χ4v) is 2.29. The highest BCUT2D eigenvalue weighted by atomic mass is 32.2. The molecule has 8 nitrogen and oxygen atoms in total. The molecule has 0 aromatic carbocycles. The van der Waals surface area contributed by atoms with Crippen LogP contribution in [-0.4, -0.2) is 28.2 Å². The number of aromatic amines is 1. The largest absolute Gasteiger partial charge is 0.334 e. The quantitative estimate of drug-likeness (QED) is 0.675. The number of imidazole rings is 1. The van der Waals surface area contributed by atoms with Gasteiger partial charge in [-0.3, -0.25) is 9.40 Å². The van der Waals surface area contributed by atoms with E-state index in [1.165, 1.54) is 17.2 Å². The number of hydrogen-bond donors (Lipinski definition) is 3. The molecule has 0 bridgehead atoms. The lowest BCUT2D eigenvalue weighted by atomic mass is 10.3. The monoisotopic (exact) mass is 256 g/mol. The van der Waals surface area contributed by atoms with Gasteiger partial charge in [-0.25, -0.2) is 4.98 Å². The Bertz CT molecular complexity index is 600. The van der Waals surface area contributed by atoms with Crippen molar-refractivity contribution < 1.29 is 8.42 Å². The molecule has 0 saturated carbocycles. The maximum atomic E-state index is 11.9. The van der Waals surface area contributed by atoms with Gasteiger partial charge in [-0.15, -0.1) is 0 Å². The summed E-state index contributed by atoms with van der Waals surface area (Å²) < 4.78 is 27.6. The Hall–Kier alpha value is -1.87. The van der Waals surface area contributed by atoms with Crippen molar-refractivity contribution in [3.63, 3.8) is 0 Å². The van der Waals surface area contributed by atoms with Crippen LogP contribution in [0.4, 0.5) is 5.82 Å². The first kappa shape index (κ1) is 11.6. The fraction of sp³-hybridized carbons (Fsp3) is 0.250. The summed E-state index contributed by atoms with van der Waals surface area (Å²) in [5, 5.41) is 3.97. The number of nitrogens with zero attached hydrogens (tertiary/aromatic N) is 3. The van der Waals surface area contributed by atoms with E-state index in [0.717, 1.165) is 0 Å². The second-order valence-corrected chi connectivity index (χ2v) is 5.05. The molecule has 4 N–H and O–H groups in total. The predicted molar refractivity (Wildman–Crippen MR) is 60.5 cm³/mol. The molecule has 2 rings (SSSR count). The molecule has 0 amide bonds. The van der Waals surface area contributed by atoms with Crippen LogP contribution < -0.4 is 10.5 Å². The molecule has 0 spiro atoms. The van der Waals surface area contributed by atoms with Gasteiger partial charge in [0.25, 0.3) is 10.0 Å². The van der Waals surface area contributed by atoms with Gasteiger partial charge in [0.15, 0.2) is 10.8 Å². The van der Waals surface area contributed by atoms with Crippen molar-refractivity contribution in [3.05, 3.63) is 24.3 Å². The van der Waals surface area contributed by atoms with Crippen LogP contribution in [0.3, 0.4) is 0 Å². The van der Waals surface area contributed by atoms with Gasteiger partial charge >= 0.3 is 0 Å². The Morgan fingerprint density at radius 2 is 2.35 bits per heavy atom. The Morgan fingerprint density at radius 1 is 1.59 bits per heavy atom. The van der Waals surface area contributed by atoms with Gasteiger partial charge in [0.1, 0.15) is 0 Å². The molecule has 92 valence electrons. The minimum Gasteiger partial charge on any atom is -0.334 e. The van der Waals surface area contributed by atoms with Crippen LogP contribution in [0.15, 0.2) is 23.7 Å². The highest BCUT2D eigenvalue weighted by molar-refractivity contribution is 7.92. The van der Waals surface area contributed by atoms with Crippen LogP contribution in [-0.2, 0) is 23.6 Å². The van der Waals surface area contributed by atoms with E-state index in [-0.39, 0.29) is 17.4 Å². The number of aryl methyl sites for hydroxylation is 1. The van der Waals surface area contributed by atoms with Crippen molar-refractivity contribution in [2.24, 2.45) is 12.8 Å². The number of sulfonamides is 1. The number of rotatable bonds is 4. The standard InChI is InChI=1S/C8H12N6O2S/c1-14-4-6(2-9)8(12-14)13-17(15,16)7-3-10-5-11-7/h3-5H,2,9H2,1H3,(H,10,11)(H,12,13). The van der Waals surface area contributed by atoms with E-state index < -0.39 is 10.0 Å². The minimum atomic E-state index is -3.69. The van der Waals surface area contributed by atoms with Crippen molar-refractivity contribution in [2.45, 2.75) is 11.6 Å². The molecule has 2 aromatic heterocycles. The molecule has 9 heteroatoms. The molecule has 0 aliphatic heterocycles. The number of aromatic nitrogens is 4. The van der Waals surface area contributed by atoms with Gasteiger partial charge in [-0.1, -0.05) is 0 Å². The highest BCUT2D eigenvalue weighted by Gasteiger charge is 2.18. The smallest absolute Gasteiger partial charge is 0.280 e. The van der Waals surface area contributed by atoms with Crippen molar-refractivity contribution in [3.8, 4) is 0 Å². The topological polar surface area (TPSA) is 119 Å². The zero-order chi connectivity index (χ0) is 12.5. The van der Waals surface area contributed by atoms with Gasteiger partial charge in [0.2, 0.25) is 0 Å². The van der Waals surface area contributed by atoms with Crippen LogP contribution in [0.25, 0.3) is 0 Å². The first-order valence-electron chi connectivity index (χ1n) is 4.76. The van der Waals surface area contributed by atoms with E-state index in [2.05, 4.69) is 19.8 Å². The van der Waals surface area contributed by atoms with Gasteiger partial charge in [0.05, 0.1) is 12.5 Å². The molecule has 0 aliphatic rings. The third kappa shape index (κ3) is 2.29. The maximum absolute atomic E-state index is 11.9. The van der Waals surface area contributed by atoms with Gasteiger partial charge < -0.3 is 10.7 Å². The second kappa shape index (κ2) is 4.18. The summed E-state index contributed by atoms with van der Waals surface area (Å²) in [6, 6.07) is 0. The molecule has 0 aliphatic carbocycles. The SMILES string of the molecule is Cn1cc(CN)c(NS(=O)(=O)c2cnc[nH]2)n1. The number of anilines is 1. The maximum Gasteiger partial charge on any atom is 0.280 e. The lowest BCUT2D eigenvalue weighted by molar-refractivity contribution is 0.598. The summed E-state index contributed by atoms with van der Waals surface area (Å²) in [5.41, 5.74) is 6.11. The lowest BCUT2D eigenvalue weighted by Crippen LogP contribution is -2.15. The molecule has 0 atom stereocenters. The van der Waals surface area contributed by atoms with E-state index in [4.69, 9.17) is 5.73 Å². The number of hydrogen-bond acceptors (Lipinski definition) is 5. The van der Waals surface area contributed by atoms with Crippen LogP contribution >= 0.6 is 0 Å². The summed E-state index contributed by atoms with van der Waals surface area (Å²) in [7, 11) is -2.00. The number of H-pyrrole nitrogens is 1. The fourth-order valence-electron chi connectivity index (χ4n) is 1.35. The van der Waals surface area contributed by atoms with Crippen LogP contribution in [0.2, 0.25) is 0 Å². The van der Waals surface area contributed by atoms with Gasteiger partial charge in [-0.2, -0.15) is 13.5 Å². The molecular weight excluding hydrogens is 244 g/mol. The number of nitrogens with two attached hydrogens (primary N) is 1. The average Bonchev–Trinajstić information content (AvgIpc) is 2.86. The van der Waals surface area contributed by atoms with E-state index in [0.29, 0.717) is 5.56 Å². The molecule has 0 saturated heterocycles. The minimum absolute atomic E-state index is 0.0221. The summed E-state index contributed by atoms with van der Waals surface area (Å²) in [6.45, 7) is 0.203. The zero-order valence-electron chi connectivity index (χ0n) is 9.08. The molecule has 17 heavy (non-hydrogen) atoms. The Kier molecular flexibility index (Phi) is 2.86. The predicted octanol–water partition coefficient (Wildman–Crippen LogP) is -0.597. The van der Waals surface area contributed by atoms with E-state index >= 15 is 0 Å². The average molecular weight is 256 g/mol. The van der Waals surface area contributed by atoms with E-state index in [9.17, 15) is 8.42 Å². The molecule has 0 unspecified atom stereocenters. The van der Waals surface area contributed by atoms with Gasteiger partial charge in [-0.05, 0) is 0 Å². The molecule has 0 radical (unpaired) electrons. The summed E-state index contributed by atoms with van der Waals surface area (Å²) in [5.74, 6) is 0.226. The van der Waals surface area contributed by atoms with E-state index in [1.54, 1.807) is 13.2 Å². The van der Waals surface area contributed by atoms with Gasteiger partial charge in [0, 0.05) is 25.4 Å². The van der Waals surface area contributed by atoms with Crippen molar-refractivity contribution >= 4 is 15.8 Å². The Balaban J connectivity index is 2.32. The summed E-state index contributed by atoms with van der Waals surface area (Å²) >= 11 is 0. The molecule has 2 heterocycles. The first-order chi connectivity index (χ1) is 8.03. The summed E-state index contributed by atoms with van der Waals surface area (Å²) in [4.78, 5) is 6.17. The summed E-state index contributed by atoms with van der Waals surface area (Å²) in [6.07, 6.45) is 4.16. The van der Waals surface area contributed by atoms with Crippen LogP contribution in [0.1, 0.15) is 5.56 Å². The molecule has 0 fully saturated rings. The normalized spacial score (nSPS) is 11.6. The van der Waals surface area contributed by atoms with Crippen molar-refractivity contribution in [2.75, 3.05) is 4.72 Å². The van der Waals surface area contributed by atoms with Crippen molar-refractivity contribution in [1.29, 1.82) is 0 Å². The number of nitrogens with one attached hydrogen (secondary N) is 2. The Morgan fingerprint density at radius 3 is 2.94 bits per heavy atom. The third-order valence-electron chi connectivity index (χ3n) is 2.12. The second-order valence-electron chi connectivity index (χ2n) is 3.40. The van der Waals surface area contributed by atoms with E-state index in [1.807, 2.05) is 0 Å². The zero-order valence-corrected chi connectivity index (χ0v) is 9.90. The third-order valence-corrected chi connectivity index (χ3v) is 3.38. The molecule has 2 aromatic rings.